The van der Waals surface area contributed by atoms with Crippen LogP contribution in [0.3, 0.4) is 0 Å². The van der Waals surface area contributed by atoms with E-state index in [4.69, 9.17) is 5.11 Å². The van der Waals surface area contributed by atoms with Crippen LogP contribution in [0.25, 0.3) is 5.69 Å². The zero-order valence-electron chi connectivity index (χ0n) is 13.3. The van der Waals surface area contributed by atoms with Crippen LogP contribution in [0.5, 0.6) is 0 Å². The molecule has 0 spiro atoms. The first-order valence-electron chi connectivity index (χ1n) is 7.77. The summed E-state index contributed by atoms with van der Waals surface area (Å²) in [5, 5.41) is 23.2. The second-order valence-electron chi connectivity index (χ2n) is 6.06. The molecule has 0 bridgehead atoms. The molecule has 0 radical (unpaired) electrons. The van der Waals surface area contributed by atoms with Gasteiger partial charge in [-0.3, -0.25) is 4.79 Å². The highest BCUT2D eigenvalue weighted by atomic mass is 16.4. The second-order valence-corrected chi connectivity index (χ2v) is 6.06. The maximum Gasteiger partial charge on any atom is 0.335 e. The number of nitrogens with zero attached hydrogens (tertiary/aromatic N) is 3. The fraction of sp³-hybridized carbons (Fsp3) is 0.353. The molecule has 0 unspecified atom stereocenters. The van der Waals surface area contributed by atoms with Crippen molar-refractivity contribution in [2.45, 2.75) is 25.4 Å². The molecule has 7 nitrogen and oxygen atoms in total. The third-order valence-electron chi connectivity index (χ3n) is 4.47. The Kier molecular flexibility index (Phi) is 4.11. The Balaban J connectivity index is 1.70. The number of likely N-dealkylation sites (tertiary alicyclic amines) is 1. The number of hydrogen-bond donors (Lipinski definition) is 2. The predicted octanol–water partition coefficient (Wildman–Crippen LogP) is 1.23. The minimum atomic E-state index is -1.72. The molecular formula is C17H19N3O4. The number of aromatic nitrogens is 2. The number of aliphatic carboxylic acids is 1. The van der Waals surface area contributed by atoms with Crippen LogP contribution >= 0.6 is 0 Å². The van der Waals surface area contributed by atoms with Gasteiger partial charge in [0.25, 0.3) is 5.91 Å². The summed E-state index contributed by atoms with van der Waals surface area (Å²) in [6.07, 6.45) is 1.79. The average molecular weight is 329 g/mol. The van der Waals surface area contributed by atoms with E-state index >= 15 is 0 Å². The van der Waals surface area contributed by atoms with Crippen LogP contribution in [-0.2, 0) is 4.79 Å². The van der Waals surface area contributed by atoms with Crippen molar-refractivity contribution in [2.24, 2.45) is 0 Å². The second kappa shape index (κ2) is 6.09. The van der Waals surface area contributed by atoms with Crippen molar-refractivity contribution in [3.63, 3.8) is 0 Å². The normalized spacial score (nSPS) is 16.8. The molecule has 2 N–H and O–H groups in total. The Labute approximate surface area is 139 Å². The molecule has 1 aromatic heterocycles. The maximum atomic E-state index is 12.5. The summed E-state index contributed by atoms with van der Waals surface area (Å²) < 4.78 is 1.78. The van der Waals surface area contributed by atoms with Gasteiger partial charge in [-0.15, -0.1) is 0 Å². The lowest BCUT2D eigenvalue weighted by atomic mass is 9.91. The molecule has 0 aliphatic carbocycles. The summed E-state index contributed by atoms with van der Waals surface area (Å²) in [7, 11) is 0. The Hall–Kier alpha value is -2.67. The number of carboxylic acid groups (broad SMARTS) is 1. The largest absolute Gasteiger partial charge is 0.479 e. The van der Waals surface area contributed by atoms with E-state index in [9.17, 15) is 14.7 Å². The van der Waals surface area contributed by atoms with E-state index in [2.05, 4.69) is 5.10 Å². The Bertz CT molecular complexity index is 758. The van der Waals surface area contributed by atoms with E-state index in [1.807, 2.05) is 25.1 Å². The molecule has 1 saturated heterocycles. The summed E-state index contributed by atoms with van der Waals surface area (Å²) in [4.78, 5) is 25.1. The van der Waals surface area contributed by atoms with Crippen LogP contribution in [-0.4, -0.2) is 55.5 Å². The number of aliphatic hydroxyl groups is 1. The molecule has 1 fully saturated rings. The van der Waals surface area contributed by atoms with E-state index in [0.29, 0.717) is 5.56 Å². The summed E-state index contributed by atoms with van der Waals surface area (Å²) >= 11 is 0. The molecule has 1 aliphatic rings. The van der Waals surface area contributed by atoms with Gasteiger partial charge in [0.1, 0.15) is 0 Å². The van der Waals surface area contributed by atoms with E-state index in [-0.39, 0.29) is 31.8 Å². The summed E-state index contributed by atoms with van der Waals surface area (Å²) in [5.74, 6) is -1.39. The molecule has 0 atom stereocenters. The van der Waals surface area contributed by atoms with Gasteiger partial charge >= 0.3 is 5.97 Å². The van der Waals surface area contributed by atoms with Crippen LogP contribution in [0.4, 0.5) is 0 Å². The molecule has 0 saturated carbocycles. The smallest absolute Gasteiger partial charge is 0.335 e. The number of carboxylic acids is 1. The Morgan fingerprint density at radius 2 is 1.75 bits per heavy atom. The van der Waals surface area contributed by atoms with Gasteiger partial charge in [-0.2, -0.15) is 5.10 Å². The third kappa shape index (κ3) is 2.90. The van der Waals surface area contributed by atoms with Crippen molar-refractivity contribution in [3.8, 4) is 5.69 Å². The molecule has 24 heavy (non-hydrogen) atoms. The highest BCUT2D eigenvalue weighted by Crippen LogP contribution is 2.24. The van der Waals surface area contributed by atoms with E-state index in [1.54, 1.807) is 27.9 Å². The van der Waals surface area contributed by atoms with Crippen molar-refractivity contribution >= 4 is 11.9 Å². The van der Waals surface area contributed by atoms with Crippen molar-refractivity contribution < 1.29 is 19.8 Å². The molecule has 2 aromatic rings. The first-order valence-corrected chi connectivity index (χ1v) is 7.77. The average Bonchev–Trinajstić information content (AvgIpc) is 3.01. The molecule has 3 rings (SSSR count). The van der Waals surface area contributed by atoms with Gasteiger partial charge in [-0.1, -0.05) is 0 Å². The van der Waals surface area contributed by atoms with Gasteiger partial charge in [0, 0.05) is 43.4 Å². The topological polar surface area (TPSA) is 95.7 Å². The molecular weight excluding hydrogens is 310 g/mol. The van der Waals surface area contributed by atoms with E-state index in [0.717, 1.165) is 11.4 Å². The standard InChI is InChI=1S/C17H19N3O4/c1-12-6-9-18-20(12)14-4-2-13(3-5-14)15(21)19-10-7-17(24,8-11-19)16(22)23/h2-6,9,24H,7-8,10-11H2,1H3,(H,22,23). The number of rotatable bonds is 3. The number of piperidine rings is 1. The van der Waals surface area contributed by atoms with Crippen LogP contribution in [0.15, 0.2) is 36.5 Å². The zero-order valence-corrected chi connectivity index (χ0v) is 13.3. The van der Waals surface area contributed by atoms with Gasteiger partial charge in [-0.05, 0) is 37.3 Å². The Morgan fingerprint density at radius 1 is 1.12 bits per heavy atom. The highest BCUT2D eigenvalue weighted by molar-refractivity contribution is 5.94. The van der Waals surface area contributed by atoms with Crippen molar-refractivity contribution in [1.82, 2.24) is 14.7 Å². The number of aryl methyl sites for hydroxylation is 1. The first kappa shape index (κ1) is 16.2. The first-order chi connectivity index (χ1) is 11.4. The quantitative estimate of drug-likeness (QED) is 0.883. The summed E-state index contributed by atoms with van der Waals surface area (Å²) in [6.45, 7) is 2.40. The van der Waals surface area contributed by atoms with Crippen molar-refractivity contribution in [2.75, 3.05) is 13.1 Å². The number of amides is 1. The van der Waals surface area contributed by atoms with E-state index in [1.165, 1.54) is 0 Å². The van der Waals surface area contributed by atoms with Crippen molar-refractivity contribution in [1.29, 1.82) is 0 Å². The van der Waals surface area contributed by atoms with Crippen LogP contribution < -0.4 is 0 Å². The molecule has 2 heterocycles. The van der Waals surface area contributed by atoms with Crippen molar-refractivity contribution in [3.05, 3.63) is 47.8 Å². The molecule has 7 heteroatoms. The minimum absolute atomic E-state index is 0.0403. The molecule has 1 aromatic carbocycles. The fourth-order valence-electron chi connectivity index (χ4n) is 2.86. The summed E-state index contributed by atoms with van der Waals surface area (Å²) in [6, 6.07) is 9.01. The lowest BCUT2D eigenvalue weighted by Gasteiger charge is -2.35. The lowest BCUT2D eigenvalue weighted by Crippen LogP contribution is -2.50. The monoisotopic (exact) mass is 329 g/mol. The number of carbonyl (C=O) groups is 2. The number of carbonyl (C=O) groups excluding carboxylic acids is 1. The van der Waals surface area contributed by atoms with E-state index < -0.39 is 11.6 Å². The Morgan fingerprint density at radius 3 is 2.25 bits per heavy atom. The number of hydrogen-bond acceptors (Lipinski definition) is 4. The van der Waals surface area contributed by atoms with Gasteiger partial charge < -0.3 is 15.1 Å². The lowest BCUT2D eigenvalue weighted by molar-refractivity contribution is -0.162. The number of benzene rings is 1. The zero-order chi connectivity index (χ0) is 17.3. The molecule has 1 amide bonds. The fourth-order valence-corrected chi connectivity index (χ4v) is 2.86. The van der Waals surface area contributed by atoms with Gasteiger partial charge in [-0.25, -0.2) is 9.48 Å². The summed E-state index contributed by atoms with van der Waals surface area (Å²) in [5.41, 5.74) is 0.675. The van der Waals surface area contributed by atoms with Gasteiger partial charge in [0.05, 0.1) is 5.69 Å². The minimum Gasteiger partial charge on any atom is -0.479 e. The highest BCUT2D eigenvalue weighted by Gasteiger charge is 2.40. The third-order valence-corrected chi connectivity index (χ3v) is 4.47. The predicted molar refractivity (Wildman–Crippen MR) is 86.0 cm³/mol. The van der Waals surface area contributed by atoms with Crippen LogP contribution in [0, 0.1) is 6.92 Å². The van der Waals surface area contributed by atoms with Crippen LogP contribution in [0.2, 0.25) is 0 Å². The molecule has 1 aliphatic heterocycles. The van der Waals surface area contributed by atoms with Gasteiger partial charge in [0.2, 0.25) is 0 Å². The molecule has 126 valence electrons. The maximum absolute atomic E-state index is 12.5. The van der Waals surface area contributed by atoms with Crippen LogP contribution in [0.1, 0.15) is 28.9 Å². The SMILES string of the molecule is Cc1ccnn1-c1ccc(C(=O)N2CCC(O)(C(=O)O)CC2)cc1. The van der Waals surface area contributed by atoms with Gasteiger partial charge in [0.15, 0.2) is 5.60 Å².